The molecular weight excluding hydrogens is 222 g/mol. The zero-order valence-corrected chi connectivity index (χ0v) is 10.7. The predicted molar refractivity (Wildman–Crippen MR) is 64.2 cm³/mol. The quantitative estimate of drug-likeness (QED) is 0.548. The molecule has 0 saturated carbocycles. The van der Waals surface area contributed by atoms with E-state index in [2.05, 4.69) is 4.90 Å². The van der Waals surface area contributed by atoms with Crippen molar-refractivity contribution in [2.24, 2.45) is 0 Å². The normalized spacial score (nSPS) is 17.6. The molecule has 0 N–H and O–H groups in total. The number of ketones is 1. The summed E-state index contributed by atoms with van der Waals surface area (Å²) in [5.41, 5.74) is 0. The molecule has 0 aliphatic carbocycles. The van der Waals surface area contributed by atoms with E-state index in [9.17, 15) is 4.79 Å². The molecule has 0 atom stereocenters. The Labute approximate surface area is 103 Å². The van der Waals surface area contributed by atoms with Gasteiger partial charge in [-0.25, -0.2) is 0 Å². The largest absolute Gasteiger partial charge is 0.382 e. The number of piperidine rings is 1. The highest BCUT2D eigenvalue weighted by Crippen LogP contribution is 2.04. The van der Waals surface area contributed by atoms with Crippen LogP contribution in [0.3, 0.4) is 0 Å². The fraction of sp³-hybridized carbons (Fsp3) is 0.917. The van der Waals surface area contributed by atoms with Gasteiger partial charge in [-0.3, -0.25) is 4.79 Å². The van der Waals surface area contributed by atoms with Crippen LogP contribution in [0.5, 0.6) is 0 Å². The molecule has 1 heterocycles. The van der Waals surface area contributed by atoms with Crippen LogP contribution in [0.4, 0.5) is 0 Å². The highest BCUT2D eigenvalue weighted by atomic mass is 16.5. The van der Waals surface area contributed by atoms with Crippen molar-refractivity contribution in [1.29, 1.82) is 0 Å². The van der Waals surface area contributed by atoms with Crippen LogP contribution in [0.1, 0.15) is 12.8 Å². The van der Waals surface area contributed by atoms with E-state index in [1.54, 1.807) is 7.11 Å². The third kappa shape index (κ3) is 7.44. The van der Waals surface area contributed by atoms with E-state index in [0.29, 0.717) is 51.7 Å². The van der Waals surface area contributed by atoms with Crippen molar-refractivity contribution in [3.05, 3.63) is 0 Å². The molecule has 1 aliphatic rings. The van der Waals surface area contributed by atoms with Crippen LogP contribution in [0.25, 0.3) is 0 Å². The van der Waals surface area contributed by atoms with E-state index >= 15 is 0 Å². The molecule has 0 radical (unpaired) electrons. The van der Waals surface area contributed by atoms with Crippen molar-refractivity contribution in [2.75, 3.05) is 59.8 Å². The lowest BCUT2D eigenvalue weighted by atomic mass is 10.1. The van der Waals surface area contributed by atoms with Gasteiger partial charge in [0.05, 0.1) is 33.0 Å². The first-order chi connectivity index (χ1) is 8.33. The van der Waals surface area contributed by atoms with Gasteiger partial charge in [-0.1, -0.05) is 0 Å². The van der Waals surface area contributed by atoms with E-state index in [1.165, 1.54) is 0 Å². The molecular formula is C12H23NO4. The average Bonchev–Trinajstić information content (AvgIpc) is 2.35. The summed E-state index contributed by atoms with van der Waals surface area (Å²) in [4.78, 5) is 13.3. The number of likely N-dealkylation sites (tertiary alicyclic amines) is 1. The van der Waals surface area contributed by atoms with Gasteiger partial charge < -0.3 is 19.1 Å². The Kier molecular flexibility index (Phi) is 8.17. The molecule has 1 aliphatic heterocycles. The second-order valence-corrected chi connectivity index (χ2v) is 4.10. The maximum absolute atomic E-state index is 11.0. The van der Waals surface area contributed by atoms with Crippen LogP contribution >= 0.6 is 0 Å². The summed E-state index contributed by atoms with van der Waals surface area (Å²) < 4.78 is 15.6. The van der Waals surface area contributed by atoms with E-state index in [1.807, 2.05) is 0 Å². The number of hydrogen-bond donors (Lipinski definition) is 0. The number of carbonyl (C=O) groups is 1. The van der Waals surface area contributed by atoms with E-state index in [-0.39, 0.29) is 0 Å². The summed E-state index contributed by atoms with van der Waals surface area (Å²) in [7, 11) is 1.66. The van der Waals surface area contributed by atoms with Crippen molar-refractivity contribution in [1.82, 2.24) is 4.90 Å². The summed E-state index contributed by atoms with van der Waals surface area (Å²) in [5.74, 6) is 0.383. The van der Waals surface area contributed by atoms with Crippen LogP contribution in [-0.4, -0.2) is 70.5 Å². The van der Waals surface area contributed by atoms with Crippen molar-refractivity contribution >= 4 is 5.78 Å². The highest BCUT2D eigenvalue weighted by molar-refractivity contribution is 5.79. The first-order valence-electron chi connectivity index (χ1n) is 6.21. The number of carbonyl (C=O) groups excluding carboxylic acids is 1. The van der Waals surface area contributed by atoms with Crippen LogP contribution in [0.15, 0.2) is 0 Å². The molecule has 0 aromatic heterocycles. The molecule has 0 aromatic rings. The minimum atomic E-state index is 0.383. The van der Waals surface area contributed by atoms with Gasteiger partial charge in [0.25, 0.3) is 0 Å². The lowest BCUT2D eigenvalue weighted by molar-refractivity contribution is -0.121. The average molecular weight is 245 g/mol. The summed E-state index contributed by atoms with van der Waals surface area (Å²) in [6.45, 7) is 5.86. The summed E-state index contributed by atoms with van der Waals surface area (Å²) in [6, 6.07) is 0. The van der Waals surface area contributed by atoms with Gasteiger partial charge >= 0.3 is 0 Å². The fourth-order valence-electron chi connectivity index (χ4n) is 1.68. The van der Waals surface area contributed by atoms with Gasteiger partial charge in [0.15, 0.2) is 0 Å². The minimum absolute atomic E-state index is 0.383. The molecule has 1 saturated heterocycles. The Morgan fingerprint density at radius 2 is 1.59 bits per heavy atom. The topological polar surface area (TPSA) is 48.0 Å². The molecule has 5 nitrogen and oxygen atoms in total. The zero-order valence-electron chi connectivity index (χ0n) is 10.7. The van der Waals surface area contributed by atoms with Crippen molar-refractivity contribution < 1.29 is 19.0 Å². The second-order valence-electron chi connectivity index (χ2n) is 4.10. The minimum Gasteiger partial charge on any atom is -0.382 e. The third-order valence-electron chi connectivity index (χ3n) is 2.77. The van der Waals surface area contributed by atoms with Crippen LogP contribution in [-0.2, 0) is 19.0 Å². The lowest BCUT2D eigenvalue weighted by Gasteiger charge is -2.25. The van der Waals surface area contributed by atoms with Gasteiger partial charge in [0.1, 0.15) is 5.78 Å². The van der Waals surface area contributed by atoms with Crippen molar-refractivity contribution in [2.45, 2.75) is 12.8 Å². The maximum atomic E-state index is 11.0. The molecule has 5 heteroatoms. The molecule has 0 bridgehead atoms. The fourth-order valence-corrected chi connectivity index (χ4v) is 1.68. The maximum Gasteiger partial charge on any atom is 0.135 e. The standard InChI is InChI=1S/C12H23NO4/c1-15-8-9-17-11-10-16-7-6-13-4-2-12(14)3-5-13/h2-11H2,1H3. The SMILES string of the molecule is COCCOCCOCCN1CCC(=O)CC1. The number of nitrogens with zero attached hydrogens (tertiary/aromatic N) is 1. The summed E-state index contributed by atoms with van der Waals surface area (Å²) in [5, 5.41) is 0. The number of rotatable bonds is 9. The second kappa shape index (κ2) is 9.53. The van der Waals surface area contributed by atoms with E-state index in [0.717, 1.165) is 19.6 Å². The van der Waals surface area contributed by atoms with Gasteiger partial charge in [-0.2, -0.15) is 0 Å². The number of Topliss-reactive ketones (excluding diaryl/α,β-unsaturated/α-hetero) is 1. The Balaban J connectivity index is 1.82. The Bertz CT molecular complexity index is 201. The smallest absolute Gasteiger partial charge is 0.135 e. The summed E-state index contributed by atoms with van der Waals surface area (Å²) in [6.07, 6.45) is 1.39. The van der Waals surface area contributed by atoms with E-state index < -0.39 is 0 Å². The molecule has 0 spiro atoms. The lowest BCUT2D eigenvalue weighted by Crippen LogP contribution is -2.36. The first kappa shape index (κ1) is 14.6. The molecule has 0 unspecified atom stereocenters. The summed E-state index contributed by atoms with van der Waals surface area (Å²) >= 11 is 0. The monoisotopic (exact) mass is 245 g/mol. The molecule has 1 rings (SSSR count). The molecule has 0 aromatic carbocycles. The Morgan fingerprint density at radius 1 is 1.00 bits per heavy atom. The van der Waals surface area contributed by atoms with E-state index in [4.69, 9.17) is 14.2 Å². The van der Waals surface area contributed by atoms with Gasteiger partial charge in [-0.15, -0.1) is 0 Å². The van der Waals surface area contributed by atoms with Crippen molar-refractivity contribution in [3.63, 3.8) is 0 Å². The third-order valence-corrected chi connectivity index (χ3v) is 2.77. The Morgan fingerprint density at radius 3 is 2.24 bits per heavy atom. The predicted octanol–water partition coefficient (Wildman–Crippen LogP) is 0.331. The van der Waals surface area contributed by atoms with Gasteiger partial charge in [0.2, 0.25) is 0 Å². The van der Waals surface area contributed by atoms with Crippen LogP contribution in [0, 0.1) is 0 Å². The zero-order chi connectivity index (χ0) is 12.3. The van der Waals surface area contributed by atoms with Crippen LogP contribution < -0.4 is 0 Å². The van der Waals surface area contributed by atoms with Crippen LogP contribution in [0.2, 0.25) is 0 Å². The number of ether oxygens (including phenoxy) is 3. The Hall–Kier alpha value is -0.490. The van der Waals surface area contributed by atoms with Crippen molar-refractivity contribution in [3.8, 4) is 0 Å². The van der Waals surface area contributed by atoms with Gasteiger partial charge in [-0.05, 0) is 0 Å². The molecule has 0 amide bonds. The molecule has 17 heavy (non-hydrogen) atoms. The number of methoxy groups -OCH3 is 1. The molecule has 100 valence electrons. The highest BCUT2D eigenvalue weighted by Gasteiger charge is 2.15. The molecule has 1 fully saturated rings. The number of hydrogen-bond acceptors (Lipinski definition) is 5. The van der Waals surface area contributed by atoms with Gasteiger partial charge in [0, 0.05) is 39.6 Å². The first-order valence-corrected chi connectivity index (χ1v) is 6.21.